The van der Waals surface area contributed by atoms with Crippen LogP contribution >= 0.6 is 0 Å². The minimum Gasteiger partial charge on any atom is -0.338 e. The van der Waals surface area contributed by atoms with Gasteiger partial charge in [-0.3, -0.25) is 14.6 Å². The third kappa shape index (κ3) is 4.47. The number of hydrogen-bond donors (Lipinski definition) is 0. The van der Waals surface area contributed by atoms with Crippen LogP contribution in [0.4, 0.5) is 0 Å². The van der Waals surface area contributed by atoms with Gasteiger partial charge in [-0.2, -0.15) is 5.10 Å². The molecule has 0 bridgehead atoms. The van der Waals surface area contributed by atoms with E-state index in [-0.39, 0.29) is 20.1 Å². The number of nitrogens with zero attached hydrogens (tertiary/aromatic N) is 5. The number of para-hydroxylation sites is 2. The first-order valence-corrected chi connectivity index (χ1v) is 12.9. The quantitative estimate of drug-likeness (QED) is 0.174. The first-order valence-electron chi connectivity index (χ1n) is 12.9. The fourth-order valence-corrected chi connectivity index (χ4v) is 5.23. The minimum absolute atomic E-state index is 0. The summed E-state index contributed by atoms with van der Waals surface area (Å²) in [4.78, 5) is 9.59. The number of fused-ring (bicyclic) bond motifs is 1. The molecule has 0 unspecified atom stereocenters. The van der Waals surface area contributed by atoms with E-state index in [0.29, 0.717) is 5.82 Å². The number of benzene rings is 5. The molecule has 0 saturated carbocycles. The Morgan fingerprint density at radius 2 is 1.30 bits per heavy atom. The predicted octanol–water partition coefficient (Wildman–Crippen LogP) is 7.71. The molecule has 0 N–H and O–H groups in total. The average Bonchev–Trinajstić information content (AvgIpc) is 3.61. The molecule has 6 heteroatoms. The van der Waals surface area contributed by atoms with Crippen LogP contribution in [0.3, 0.4) is 0 Å². The molecule has 5 aromatic carbocycles. The van der Waals surface area contributed by atoms with Gasteiger partial charge in [0.25, 0.3) is 0 Å². The Morgan fingerprint density at radius 1 is 0.700 bits per heavy atom. The maximum Gasteiger partial charge on any atom is 0.127 e. The molecule has 0 aliphatic rings. The Hall–Kier alpha value is -4.64. The number of rotatable bonds is 5. The van der Waals surface area contributed by atoms with Crippen molar-refractivity contribution in [3.05, 3.63) is 140 Å². The van der Waals surface area contributed by atoms with Gasteiger partial charge >= 0.3 is 0 Å². The van der Waals surface area contributed by atoms with Crippen molar-refractivity contribution >= 4 is 11.0 Å². The van der Waals surface area contributed by atoms with Crippen LogP contribution in [0.25, 0.3) is 56.0 Å². The van der Waals surface area contributed by atoms with E-state index in [4.69, 9.17) is 15.1 Å². The molecule has 2 heterocycles. The number of aryl methyl sites for hydroxylation is 1. The molecule has 7 rings (SSSR count). The second kappa shape index (κ2) is 10.9. The van der Waals surface area contributed by atoms with E-state index in [0.717, 1.165) is 56.0 Å². The summed E-state index contributed by atoms with van der Waals surface area (Å²) in [7, 11) is 0. The van der Waals surface area contributed by atoms with Crippen molar-refractivity contribution in [3.63, 3.8) is 0 Å². The van der Waals surface area contributed by atoms with Gasteiger partial charge in [-0.25, -0.2) is 0 Å². The standard InChI is InChI=1S/C34H24N5.Ir/c1-24-37-31-22-27(20-21-32(31)38(24)28-16-9-4-10-17-28)34-35-23-36-39(34)33-29(25-12-5-2-6-13-25)18-11-19-30(33)26-14-7-3-8-15-26;/h2-19,21-23H,1H3;/q-1;. The normalized spacial score (nSPS) is 10.9. The van der Waals surface area contributed by atoms with Crippen molar-refractivity contribution in [2.24, 2.45) is 0 Å². The number of aromatic nitrogens is 5. The number of hydrogen-bond acceptors (Lipinski definition) is 3. The van der Waals surface area contributed by atoms with Gasteiger partial charge in [0.1, 0.15) is 12.2 Å². The topological polar surface area (TPSA) is 48.5 Å². The average molecular weight is 695 g/mol. The monoisotopic (exact) mass is 695 g/mol. The Labute approximate surface area is 246 Å². The van der Waals surface area contributed by atoms with Gasteiger partial charge in [0, 0.05) is 42.4 Å². The van der Waals surface area contributed by atoms with Crippen LogP contribution in [-0.4, -0.2) is 24.3 Å². The van der Waals surface area contributed by atoms with E-state index in [2.05, 4.69) is 95.6 Å². The van der Waals surface area contributed by atoms with Gasteiger partial charge in [-0.1, -0.05) is 97.1 Å². The van der Waals surface area contributed by atoms with E-state index in [1.165, 1.54) is 0 Å². The molecular weight excluding hydrogens is 671 g/mol. The predicted molar refractivity (Wildman–Crippen MR) is 156 cm³/mol. The summed E-state index contributed by atoms with van der Waals surface area (Å²) in [5, 5.41) is 4.75. The zero-order chi connectivity index (χ0) is 26.2. The van der Waals surface area contributed by atoms with Gasteiger partial charge in [0.15, 0.2) is 0 Å². The molecule has 2 aromatic heterocycles. The van der Waals surface area contributed by atoms with Crippen molar-refractivity contribution in [3.8, 4) is 45.0 Å². The Bertz CT molecular complexity index is 1850. The summed E-state index contributed by atoms with van der Waals surface area (Å²) in [6.45, 7) is 2.03. The van der Waals surface area contributed by atoms with Crippen LogP contribution in [0.15, 0.2) is 128 Å². The SMILES string of the molecule is Cc1nc2cc(-c3ncnn3-c3c(-c4ccccc4)cccc3-c3ccccc3)[c-]cc2n1-c1ccccc1.[Ir]. The maximum atomic E-state index is 4.88. The second-order valence-corrected chi connectivity index (χ2v) is 9.38. The minimum atomic E-state index is 0. The van der Waals surface area contributed by atoms with E-state index in [1.54, 1.807) is 6.33 Å². The van der Waals surface area contributed by atoms with Crippen molar-refractivity contribution in [2.45, 2.75) is 6.92 Å². The van der Waals surface area contributed by atoms with Crippen molar-refractivity contribution in [1.82, 2.24) is 24.3 Å². The molecule has 0 spiro atoms. The van der Waals surface area contributed by atoms with Crippen LogP contribution < -0.4 is 0 Å². The molecule has 0 fully saturated rings. The largest absolute Gasteiger partial charge is 0.338 e. The fraction of sp³-hybridized carbons (Fsp3) is 0.0294. The maximum absolute atomic E-state index is 4.88. The fourth-order valence-electron chi connectivity index (χ4n) is 5.23. The summed E-state index contributed by atoms with van der Waals surface area (Å²) >= 11 is 0. The summed E-state index contributed by atoms with van der Waals surface area (Å²) in [6.07, 6.45) is 1.61. The summed E-state index contributed by atoms with van der Waals surface area (Å²) in [6, 6.07) is 45.0. The molecule has 195 valence electrons. The van der Waals surface area contributed by atoms with Crippen LogP contribution in [-0.2, 0) is 20.1 Å². The molecule has 0 aliphatic carbocycles. The molecule has 1 radical (unpaired) electrons. The Morgan fingerprint density at radius 3 is 1.93 bits per heavy atom. The smallest absolute Gasteiger partial charge is 0.127 e. The van der Waals surface area contributed by atoms with Gasteiger partial charge in [0.05, 0.1) is 11.5 Å². The molecule has 7 aromatic rings. The van der Waals surface area contributed by atoms with Crippen LogP contribution in [0.2, 0.25) is 0 Å². The molecule has 0 aliphatic heterocycles. The second-order valence-electron chi connectivity index (χ2n) is 9.38. The molecule has 0 amide bonds. The molecule has 0 atom stereocenters. The third-order valence-electron chi connectivity index (χ3n) is 6.98. The molecule has 0 saturated heterocycles. The first-order chi connectivity index (χ1) is 19.3. The molecular formula is C34H24IrN5-. The van der Waals surface area contributed by atoms with E-state index < -0.39 is 0 Å². The molecule has 40 heavy (non-hydrogen) atoms. The van der Waals surface area contributed by atoms with Crippen molar-refractivity contribution in [1.29, 1.82) is 0 Å². The van der Waals surface area contributed by atoms with Gasteiger partial charge < -0.3 is 4.57 Å². The first kappa shape index (κ1) is 25.6. The van der Waals surface area contributed by atoms with Crippen LogP contribution in [0, 0.1) is 13.0 Å². The van der Waals surface area contributed by atoms with Crippen LogP contribution in [0.1, 0.15) is 5.82 Å². The summed E-state index contributed by atoms with van der Waals surface area (Å²) in [5.74, 6) is 1.63. The van der Waals surface area contributed by atoms with Crippen molar-refractivity contribution < 1.29 is 20.1 Å². The van der Waals surface area contributed by atoms with Gasteiger partial charge in [-0.15, -0.1) is 23.8 Å². The Balaban J connectivity index is 0.00000289. The van der Waals surface area contributed by atoms with Crippen LogP contribution in [0.5, 0.6) is 0 Å². The number of imidazole rings is 1. The summed E-state index contributed by atoms with van der Waals surface area (Å²) < 4.78 is 4.09. The molecule has 5 nitrogen and oxygen atoms in total. The zero-order valence-corrected chi connectivity index (χ0v) is 24.1. The third-order valence-corrected chi connectivity index (χ3v) is 6.98. The van der Waals surface area contributed by atoms with Gasteiger partial charge in [-0.05, 0) is 35.7 Å². The van der Waals surface area contributed by atoms with E-state index in [1.807, 2.05) is 48.0 Å². The van der Waals surface area contributed by atoms with E-state index in [9.17, 15) is 0 Å². The van der Waals surface area contributed by atoms with Gasteiger partial charge in [0.2, 0.25) is 0 Å². The van der Waals surface area contributed by atoms with Crippen molar-refractivity contribution in [2.75, 3.05) is 0 Å². The Kier molecular flexibility index (Phi) is 6.95. The summed E-state index contributed by atoms with van der Waals surface area (Å²) in [5.41, 5.74) is 9.16. The zero-order valence-electron chi connectivity index (χ0n) is 21.7. The van der Waals surface area contributed by atoms with E-state index >= 15 is 0 Å².